The zero-order valence-electron chi connectivity index (χ0n) is 12.0. The molecular weight excluding hydrogens is 224 g/mol. The fourth-order valence-electron chi connectivity index (χ4n) is 1.83. The highest BCUT2D eigenvalue weighted by molar-refractivity contribution is 4.89. The number of nitrogens with two attached hydrogens (primary N) is 2. The standard InChI is InChI=1S/C14H32N4/c1-2-10-17-12-13-18-11-7-14(6-9-16)5-3-4-8-15/h3,5,14,17-18H,2,4,6-13,15-16H2,1H3/b5-3+. The first-order chi connectivity index (χ1) is 8.85. The number of hydrogen-bond acceptors (Lipinski definition) is 4. The van der Waals surface area contributed by atoms with Gasteiger partial charge in [-0.05, 0) is 57.8 Å². The van der Waals surface area contributed by atoms with E-state index >= 15 is 0 Å². The zero-order valence-corrected chi connectivity index (χ0v) is 12.0. The van der Waals surface area contributed by atoms with Crippen LogP contribution < -0.4 is 22.1 Å². The molecule has 0 aliphatic rings. The summed E-state index contributed by atoms with van der Waals surface area (Å²) in [7, 11) is 0. The Bertz CT molecular complexity index is 183. The maximum atomic E-state index is 5.63. The lowest BCUT2D eigenvalue weighted by Crippen LogP contribution is -2.29. The van der Waals surface area contributed by atoms with E-state index in [-0.39, 0.29) is 0 Å². The summed E-state index contributed by atoms with van der Waals surface area (Å²) in [5, 5.41) is 6.84. The van der Waals surface area contributed by atoms with Crippen LogP contribution in [0.15, 0.2) is 12.2 Å². The van der Waals surface area contributed by atoms with Gasteiger partial charge in [-0.1, -0.05) is 19.1 Å². The Balaban J connectivity index is 3.51. The molecule has 4 heteroatoms. The van der Waals surface area contributed by atoms with E-state index in [2.05, 4.69) is 29.7 Å². The topological polar surface area (TPSA) is 76.1 Å². The Morgan fingerprint density at radius 3 is 2.28 bits per heavy atom. The third kappa shape index (κ3) is 12.0. The van der Waals surface area contributed by atoms with Crippen LogP contribution in [-0.2, 0) is 0 Å². The van der Waals surface area contributed by atoms with Crippen LogP contribution in [0.4, 0.5) is 0 Å². The van der Waals surface area contributed by atoms with Gasteiger partial charge in [0.1, 0.15) is 0 Å². The molecule has 108 valence electrons. The highest BCUT2D eigenvalue weighted by Crippen LogP contribution is 2.09. The molecular formula is C14H32N4. The van der Waals surface area contributed by atoms with E-state index in [1.54, 1.807) is 0 Å². The number of rotatable bonds is 13. The second-order valence-electron chi connectivity index (χ2n) is 4.63. The fraction of sp³-hybridized carbons (Fsp3) is 0.857. The molecule has 0 fully saturated rings. The Kier molecular flexibility index (Phi) is 14.3. The van der Waals surface area contributed by atoms with Crippen molar-refractivity contribution in [2.45, 2.75) is 32.6 Å². The van der Waals surface area contributed by atoms with E-state index in [0.717, 1.165) is 58.5 Å². The Morgan fingerprint density at radius 2 is 1.67 bits per heavy atom. The van der Waals surface area contributed by atoms with E-state index in [9.17, 15) is 0 Å². The molecule has 0 bridgehead atoms. The Morgan fingerprint density at radius 1 is 0.944 bits per heavy atom. The fourth-order valence-corrected chi connectivity index (χ4v) is 1.83. The number of nitrogens with one attached hydrogen (secondary N) is 2. The van der Waals surface area contributed by atoms with Gasteiger partial charge in [-0.15, -0.1) is 0 Å². The second-order valence-corrected chi connectivity index (χ2v) is 4.63. The average molecular weight is 256 g/mol. The third-order valence-corrected chi connectivity index (χ3v) is 2.88. The third-order valence-electron chi connectivity index (χ3n) is 2.88. The van der Waals surface area contributed by atoms with Gasteiger partial charge in [0.15, 0.2) is 0 Å². The maximum absolute atomic E-state index is 5.63. The van der Waals surface area contributed by atoms with Gasteiger partial charge in [0, 0.05) is 13.1 Å². The molecule has 0 aromatic heterocycles. The molecule has 0 saturated carbocycles. The lowest BCUT2D eigenvalue weighted by atomic mass is 10.0. The van der Waals surface area contributed by atoms with Crippen molar-refractivity contribution >= 4 is 0 Å². The van der Waals surface area contributed by atoms with Crippen LogP contribution >= 0.6 is 0 Å². The van der Waals surface area contributed by atoms with E-state index in [4.69, 9.17) is 11.5 Å². The number of hydrogen-bond donors (Lipinski definition) is 4. The highest BCUT2D eigenvalue weighted by Gasteiger charge is 2.02. The summed E-state index contributed by atoms with van der Waals surface area (Å²) in [5.41, 5.74) is 11.1. The predicted molar refractivity (Wildman–Crippen MR) is 80.6 cm³/mol. The van der Waals surface area contributed by atoms with Gasteiger partial charge in [0.25, 0.3) is 0 Å². The molecule has 4 nitrogen and oxygen atoms in total. The van der Waals surface area contributed by atoms with Crippen LogP contribution in [0.2, 0.25) is 0 Å². The smallest absolute Gasteiger partial charge is 0.00767 e. The van der Waals surface area contributed by atoms with Crippen LogP contribution in [0.25, 0.3) is 0 Å². The van der Waals surface area contributed by atoms with Gasteiger partial charge < -0.3 is 22.1 Å². The molecule has 0 spiro atoms. The van der Waals surface area contributed by atoms with E-state index < -0.39 is 0 Å². The summed E-state index contributed by atoms with van der Waals surface area (Å²) < 4.78 is 0. The van der Waals surface area contributed by atoms with Crippen molar-refractivity contribution in [1.29, 1.82) is 0 Å². The molecule has 6 N–H and O–H groups in total. The molecule has 18 heavy (non-hydrogen) atoms. The lowest BCUT2D eigenvalue weighted by Gasteiger charge is -2.12. The average Bonchev–Trinajstić information content (AvgIpc) is 2.38. The van der Waals surface area contributed by atoms with Crippen LogP contribution in [0.3, 0.4) is 0 Å². The van der Waals surface area contributed by atoms with Crippen LogP contribution in [-0.4, -0.2) is 39.3 Å². The molecule has 0 aromatic rings. The van der Waals surface area contributed by atoms with Gasteiger partial charge in [-0.2, -0.15) is 0 Å². The van der Waals surface area contributed by atoms with Crippen molar-refractivity contribution in [2.75, 3.05) is 39.3 Å². The van der Waals surface area contributed by atoms with Gasteiger partial charge in [0.2, 0.25) is 0 Å². The molecule has 0 rings (SSSR count). The summed E-state index contributed by atoms with van der Waals surface area (Å²) in [6, 6.07) is 0. The highest BCUT2D eigenvalue weighted by atomic mass is 14.9. The van der Waals surface area contributed by atoms with Gasteiger partial charge >= 0.3 is 0 Å². The minimum Gasteiger partial charge on any atom is -0.330 e. The first kappa shape index (κ1) is 17.6. The first-order valence-electron chi connectivity index (χ1n) is 7.33. The summed E-state index contributed by atoms with van der Waals surface area (Å²) in [6.07, 6.45) is 8.85. The van der Waals surface area contributed by atoms with Crippen LogP contribution in [0.5, 0.6) is 0 Å². The van der Waals surface area contributed by atoms with Crippen molar-refractivity contribution in [3.8, 4) is 0 Å². The monoisotopic (exact) mass is 256 g/mol. The van der Waals surface area contributed by atoms with Gasteiger partial charge in [0.05, 0.1) is 0 Å². The number of allylic oxidation sites excluding steroid dienone is 1. The van der Waals surface area contributed by atoms with Crippen molar-refractivity contribution < 1.29 is 0 Å². The minimum atomic E-state index is 0.595. The molecule has 0 amide bonds. The maximum Gasteiger partial charge on any atom is 0.00767 e. The Hall–Kier alpha value is -0.420. The molecule has 1 atom stereocenters. The van der Waals surface area contributed by atoms with Crippen molar-refractivity contribution in [2.24, 2.45) is 17.4 Å². The molecule has 0 aromatic carbocycles. The van der Waals surface area contributed by atoms with Gasteiger partial charge in [-0.3, -0.25) is 0 Å². The summed E-state index contributed by atoms with van der Waals surface area (Å²) >= 11 is 0. The molecule has 0 aliphatic heterocycles. The molecule has 0 radical (unpaired) electrons. The van der Waals surface area contributed by atoms with Crippen molar-refractivity contribution in [3.05, 3.63) is 12.2 Å². The quantitative estimate of drug-likeness (QED) is 0.291. The Labute approximate surface area is 113 Å². The zero-order chi connectivity index (χ0) is 13.5. The molecule has 1 unspecified atom stereocenters. The van der Waals surface area contributed by atoms with E-state index in [0.29, 0.717) is 5.92 Å². The predicted octanol–water partition coefficient (Wildman–Crippen LogP) is 0.836. The normalized spacial score (nSPS) is 13.3. The van der Waals surface area contributed by atoms with Crippen LogP contribution in [0.1, 0.15) is 32.6 Å². The summed E-state index contributed by atoms with van der Waals surface area (Å²) in [6.45, 7) is 7.94. The molecule has 0 saturated heterocycles. The van der Waals surface area contributed by atoms with E-state index in [1.807, 2.05) is 0 Å². The first-order valence-corrected chi connectivity index (χ1v) is 7.33. The molecule has 0 aliphatic carbocycles. The largest absolute Gasteiger partial charge is 0.330 e. The summed E-state index contributed by atoms with van der Waals surface area (Å²) in [5.74, 6) is 0.595. The van der Waals surface area contributed by atoms with Crippen molar-refractivity contribution in [3.63, 3.8) is 0 Å². The van der Waals surface area contributed by atoms with E-state index in [1.165, 1.54) is 6.42 Å². The van der Waals surface area contributed by atoms with Crippen molar-refractivity contribution in [1.82, 2.24) is 10.6 Å². The van der Waals surface area contributed by atoms with Gasteiger partial charge in [-0.25, -0.2) is 0 Å². The minimum absolute atomic E-state index is 0.595. The summed E-state index contributed by atoms with van der Waals surface area (Å²) in [4.78, 5) is 0. The SMILES string of the molecule is CCCNCCNCCC(/C=C/CCN)CCN. The molecule has 0 heterocycles. The lowest BCUT2D eigenvalue weighted by molar-refractivity contribution is 0.510. The second kappa shape index (κ2) is 14.6. The van der Waals surface area contributed by atoms with Crippen LogP contribution in [0, 0.1) is 5.92 Å².